The number of carbonyl (C=O) groups excluding carboxylic acids is 1. The number of hydrogen-bond acceptors (Lipinski definition) is 6. The largest absolute Gasteiger partial charge is 0.497 e. The van der Waals surface area contributed by atoms with Crippen LogP contribution in [0, 0.1) is 5.92 Å². The number of furan rings is 1. The summed E-state index contributed by atoms with van der Waals surface area (Å²) in [7, 11) is -2.07. The smallest absolute Gasteiger partial charge is 0.243 e. The van der Waals surface area contributed by atoms with Gasteiger partial charge in [0, 0.05) is 13.1 Å². The summed E-state index contributed by atoms with van der Waals surface area (Å²) < 4.78 is 38.5. The van der Waals surface area contributed by atoms with Crippen molar-refractivity contribution in [3.8, 4) is 5.75 Å². The van der Waals surface area contributed by atoms with E-state index < -0.39 is 15.7 Å². The number of methoxy groups -OCH3 is 1. The Hall–Kier alpha value is -2.36. The van der Waals surface area contributed by atoms with Crippen LogP contribution in [0.2, 0.25) is 0 Å². The Balaban J connectivity index is 1.55. The lowest BCUT2D eigenvalue weighted by Gasteiger charge is -2.44. The van der Waals surface area contributed by atoms with E-state index in [0.717, 1.165) is 12.2 Å². The predicted octanol–water partition coefficient (Wildman–Crippen LogP) is 2.82. The number of piperidine rings is 1. The van der Waals surface area contributed by atoms with Crippen LogP contribution in [0.15, 0.2) is 52.0 Å². The number of rotatable bonds is 7. The molecule has 174 valence electrons. The van der Waals surface area contributed by atoms with Crippen molar-refractivity contribution in [3.63, 3.8) is 0 Å². The second kappa shape index (κ2) is 8.88. The molecule has 2 aromatic rings. The normalized spacial score (nSPS) is 22.4. The van der Waals surface area contributed by atoms with Gasteiger partial charge >= 0.3 is 0 Å². The highest BCUT2D eigenvalue weighted by Crippen LogP contribution is 2.37. The molecule has 2 unspecified atom stereocenters. The van der Waals surface area contributed by atoms with E-state index in [1.54, 1.807) is 37.6 Å². The zero-order chi connectivity index (χ0) is 22.9. The van der Waals surface area contributed by atoms with Crippen molar-refractivity contribution in [2.75, 3.05) is 20.2 Å². The molecule has 9 heteroatoms. The summed E-state index contributed by atoms with van der Waals surface area (Å²) in [5.74, 6) is 1.57. The third-order valence-electron chi connectivity index (χ3n) is 6.83. The van der Waals surface area contributed by atoms with E-state index in [2.05, 4.69) is 19.2 Å². The van der Waals surface area contributed by atoms with E-state index in [4.69, 9.17) is 9.15 Å². The first-order valence-electron chi connectivity index (χ1n) is 11.1. The van der Waals surface area contributed by atoms with Gasteiger partial charge in [0.25, 0.3) is 0 Å². The Bertz CT molecular complexity index is 1030. The third-order valence-corrected chi connectivity index (χ3v) is 8.74. The van der Waals surface area contributed by atoms with Crippen LogP contribution < -0.4 is 10.1 Å². The fourth-order valence-corrected chi connectivity index (χ4v) is 6.07. The van der Waals surface area contributed by atoms with Gasteiger partial charge in [0.2, 0.25) is 15.9 Å². The molecular formula is C23H31N3O5S. The van der Waals surface area contributed by atoms with Gasteiger partial charge in [-0.1, -0.05) is 20.3 Å². The van der Waals surface area contributed by atoms with Crippen molar-refractivity contribution in [1.29, 1.82) is 0 Å². The zero-order valence-corrected chi connectivity index (χ0v) is 19.6. The van der Waals surface area contributed by atoms with Gasteiger partial charge in [-0.15, -0.1) is 0 Å². The number of amides is 1. The van der Waals surface area contributed by atoms with Crippen LogP contribution in [-0.2, 0) is 21.4 Å². The standard InChI is InChI=1S/C23H31N3O5S/c1-4-17(2)21-22(27)26(16-19-6-5-15-31-19)23(24-21)11-13-25(14-12-23)32(28,29)20-9-7-18(30-3)8-10-20/h5-10,15,17,21,24H,4,11-14,16H2,1-3H3. The van der Waals surface area contributed by atoms with Gasteiger partial charge in [0.15, 0.2) is 0 Å². The monoisotopic (exact) mass is 461 g/mol. The molecule has 1 spiro atoms. The van der Waals surface area contributed by atoms with Gasteiger partial charge in [-0.25, -0.2) is 8.42 Å². The molecule has 32 heavy (non-hydrogen) atoms. The number of nitrogens with zero attached hydrogens (tertiary/aromatic N) is 2. The Morgan fingerprint density at radius 2 is 1.91 bits per heavy atom. The first-order valence-corrected chi connectivity index (χ1v) is 12.5. The molecule has 2 aliphatic rings. The molecule has 1 aromatic carbocycles. The van der Waals surface area contributed by atoms with Gasteiger partial charge < -0.3 is 14.1 Å². The quantitative estimate of drug-likeness (QED) is 0.682. The minimum absolute atomic E-state index is 0.0576. The van der Waals surface area contributed by atoms with Crippen LogP contribution >= 0.6 is 0 Å². The van der Waals surface area contributed by atoms with Crippen LogP contribution in [-0.4, -0.2) is 55.4 Å². The second-order valence-corrected chi connectivity index (χ2v) is 10.6. The van der Waals surface area contributed by atoms with Gasteiger partial charge in [0.1, 0.15) is 11.5 Å². The van der Waals surface area contributed by atoms with Gasteiger partial charge in [-0.3, -0.25) is 10.1 Å². The van der Waals surface area contributed by atoms with E-state index in [1.807, 2.05) is 17.0 Å². The summed E-state index contributed by atoms with van der Waals surface area (Å²) in [4.78, 5) is 15.5. The lowest BCUT2D eigenvalue weighted by molar-refractivity contribution is -0.135. The molecule has 0 radical (unpaired) electrons. The summed E-state index contributed by atoms with van der Waals surface area (Å²) in [6.07, 6.45) is 3.52. The summed E-state index contributed by atoms with van der Waals surface area (Å²) in [5, 5.41) is 3.59. The van der Waals surface area contributed by atoms with E-state index in [-0.39, 0.29) is 22.8 Å². The summed E-state index contributed by atoms with van der Waals surface area (Å²) in [5.41, 5.74) is -0.579. The Kier molecular flexibility index (Phi) is 6.33. The lowest BCUT2D eigenvalue weighted by Crippen LogP contribution is -2.59. The van der Waals surface area contributed by atoms with Crippen molar-refractivity contribution in [2.45, 2.75) is 56.3 Å². The maximum absolute atomic E-state index is 13.3. The molecule has 0 saturated carbocycles. The van der Waals surface area contributed by atoms with Crippen molar-refractivity contribution >= 4 is 15.9 Å². The first-order chi connectivity index (χ1) is 15.3. The van der Waals surface area contributed by atoms with Crippen LogP contribution in [0.25, 0.3) is 0 Å². The van der Waals surface area contributed by atoms with Gasteiger partial charge in [-0.05, 0) is 55.2 Å². The van der Waals surface area contributed by atoms with E-state index in [1.165, 1.54) is 4.31 Å². The van der Waals surface area contributed by atoms with E-state index in [0.29, 0.717) is 38.2 Å². The Morgan fingerprint density at radius 3 is 2.47 bits per heavy atom. The molecule has 1 amide bonds. The highest BCUT2D eigenvalue weighted by atomic mass is 32.2. The number of carbonyl (C=O) groups is 1. The van der Waals surface area contributed by atoms with Gasteiger partial charge in [0.05, 0.1) is 36.5 Å². The first kappa shape index (κ1) is 22.8. The van der Waals surface area contributed by atoms with Gasteiger partial charge in [-0.2, -0.15) is 4.31 Å². The number of sulfonamides is 1. The molecule has 0 bridgehead atoms. The van der Waals surface area contributed by atoms with Crippen molar-refractivity contribution in [3.05, 3.63) is 48.4 Å². The van der Waals surface area contributed by atoms with Crippen LogP contribution in [0.3, 0.4) is 0 Å². The highest BCUT2D eigenvalue weighted by molar-refractivity contribution is 7.89. The summed E-state index contributed by atoms with van der Waals surface area (Å²) in [6, 6.07) is 9.83. The molecule has 2 saturated heterocycles. The minimum atomic E-state index is -3.62. The molecule has 1 N–H and O–H groups in total. The fourth-order valence-electron chi connectivity index (χ4n) is 4.62. The number of hydrogen-bond donors (Lipinski definition) is 1. The lowest BCUT2D eigenvalue weighted by atomic mass is 9.96. The molecular weight excluding hydrogens is 430 g/mol. The molecule has 1 aromatic heterocycles. The highest BCUT2D eigenvalue weighted by Gasteiger charge is 2.53. The number of nitrogens with one attached hydrogen (secondary N) is 1. The molecule has 0 aliphatic carbocycles. The zero-order valence-electron chi connectivity index (χ0n) is 18.8. The molecule has 2 aliphatic heterocycles. The van der Waals surface area contributed by atoms with Crippen molar-refractivity contribution in [1.82, 2.24) is 14.5 Å². The second-order valence-electron chi connectivity index (χ2n) is 8.62. The average Bonchev–Trinajstić information content (AvgIpc) is 3.42. The van der Waals surface area contributed by atoms with E-state index >= 15 is 0 Å². The van der Waals surface area contributed by atoms with Crippen molar-refractivity contribution in [2.24, 2.45) is 5.92 Å². The van der Waals surface area contributed by atoms with E-state index in [9.17, 15) is 13.2 Å². The summed E-state index contributed by atoms with van der Waals surface area (Å²) >= 11 is 0. The van der Waals surface area contributed by atoms with Crippen LogP contribution in [0.5, 0.6) is 5.75 Å². The SMILES string of the molecule is CCC(C)C1NC2(CCN(S(=O)(=O)c3ccc(OC)cc3)CC2)N(Cc2ccco2)C1=O. The molecule has 3 heterocycles. The minimum Gasteiger partial charge on any atom is -0.497 e. The van der Waals surface area contributed by atoms with Crippen LogP contribution in [0.1, 0.15) is 38.9 Å². The predicted molar refractivity (Wildman–Crippen MR) is 119 cm³/mol. The Labute approximate surface area is 189 Å². The Morgan fingerprint density at radius 1 is 1.22 bits per heavy atom. The average molecular weight is 462 g/mol. The van der Waals surface area contributed by atoms with Crippen LogP contribution in [0.4, 0.5) is 0 Å². The molecule has 2 atom stereocenters. The molecule has 2 fully saturated rings. The summed E-state index contributed by atoms with van der Waals surface area (Å²) in [6.45, 7) is 5.18. The maximum Gasteiger partial charge on any atom is 0.243 e. The number of benzene rings is 1. The van der Waals surface area contributed by atoms with Crippen molar-refractivity contribution < 1.29 is 22.4 Å². The molecule has 4 rings (SSSR count). The topological polar surface area (TPSA) is 92.1 Å². The number of ether oxygens (including phenoxy) is 1. The maximum atomic E-state index is 13.3. The molecule has 8 nitrogen and oxygen atoms in total. The third kappa shape index (κ3) is 4.04. The fraction of sp³-hybridized carbons (Fsp3) is 0.522.